The molecule has 0 heterocycles. The summed E-state index contributed by atoms with van der Waals surface area (Å²) in [5.74, 6) is -0.106. The van der Waals surface area contributed by atoms with Crippen LogP contribution in [0.25, 0.3) is 0 Å². The SMILES string of the molecule is COc1ccc(CN(C(=O)CN(c2cc(Cl)ccc2OC)S(=O)(=O)c2ccc(C)cc2)[C@@H](C)C(=O)NC(C)C)cc1. The maximum absolute atomic E-state index is 14.0. The first kappa shape index (κ1) is 31.8. The summed E-state index contributed by atoms with van der Waals surface area (Å²) in [4.78, 5) is 28.4. The number of carbonyl (C=O) groups excluding carboxylic acids is 2. The average Bonchev–Trinajstić information content (AvgIpc) is 2.94. The molecule has 0 aromatic heterocycles. The van der Waals surface area contributed by atoms with Gasteiger partial charge in [0.25, 0.3) is 10.0 Å². The second-order valence-electron chi connectivity index (χ2n) is 9.85. The number of sulfonamides is 1. The number of carbonyl (C=O) groups is 2. The van der Waals surface area contributed by atoms with Crippen LogP contribution in [0.2, 0.25) is 5.02 Å². The van der Waals surface area contributed by atoms with Crippen molar-refractivity contribution >= 4 is 39.1 Å². The predicted octanol–water partition coefficient (Wildman–Crippen LogP) is 4.80. The van der Waals surface area contributed by atoms with Gasteiger partial charge in [-0.2, -0.15) is 0 Å². The molecule has 0 aliphatic carbocycles. The fourth-order valence-corrected chi connectivity index (χ4v) is 5.71. The molecule has 3 rings (SSSR count). The number of rotatable bonds is 12. The van der Waals surface area contributed by atoms with Crippen molar-refractivity contribution in [1.82, 2.24) is 10.2 Å². The molecule has 0 radical (unpaired) electrons. The highest BCUT2D eigenvalue weighted by Crippen LogP contribution is 2.35. The summed E-state index contributed by atoms with van der Waals surface area (Å²) in [6, 6.07) is 16.9. The summed E-state index contributed by atoms with van der Waals surface area (Å²) in [5, 5.41) is 3.09. The molecule has 0 aliphatic rings. The van der Waals surface area contributed by atoms with Gasteiger partial charge in [-0.15, -0.1) is 0 Å². The number of amides is 2. The molecule has 0 saturated carbocycles. The molecule has 2 amide bonds. The molecule has 0 fully saturated rings. The summed E-state index contributed by atoms with van der Waals surface area (Å²) in [7, 11) is -1.31. The van der Waals surface area contributed by atoms with E-state index >= 15 is 0 Å². The lowest BCUT2D eigenvalue weighted by atomic mass is 10.1. The van der Waals surface area contributed by atoms with Crippen molar-refractivity contribution < 1.29 is 27.5 Å². The van der Waals surface area contributed by atoms with Gasteiger partial charge in [0, 0.05) is 17.6 Å². The Morgan fingerprint density at radius 1 is 0.927 bits per heavy atom. The number of nitrogens with one attached hydrogen (secondary N) is 1. The van der Waals surface area contributed by atoms with Crippen LogP contribution in [0, 0.1) is 6.92 Å². The molecule has 0 saturated heterocycles. The molecule has 1 N–H and O–H groups in total. The van der Waals surface area contributed by atoms with Crippen molar-refractivity contribution in [2.75, 3.05) is 25.1 Å². The fourth-order valence-electron chi connectivity index (χ4n) is 4.12. The first-order valence-corrected chi connectivity index (χ1v) is 14.8. The molecule has 1 atom stereocenters. The van der Waals surface area contributed by atoms with Gasteiger partial charge in [0.2, 0.25) is 11.8 Å². The number of ether oxygens (including phenoxy) is 2. The van der Waals surface area contributed by atoms with Crippen LogP contribution in [0.1, 0.15) is 31.9 Å². The first-order chi connectivity index (χ1) is 19.4. The van der Waals surface area contributed by atoms with E-state index in [0.717, 1.165) is 15.4 Å². The van der Waals surface area contributed by atoms with Crippen molar-refractivity contribution in [1.29, 1.82) is 0 Å². The van der Waals surface area contributed by atoms with E-state index < -0.39 is 28.5 Å². The Balaban J connectivity index is 2.09. The Bertz CT molecular complexity index is 1460. The standard InChI is InChI=1S/C30H36ClN3O6S/c1-20(2)32-30(36)22(4)33(18-23-9-12-25(39-5)13-10-23)29(35)19-34(27-17-24(31)11-16-28(27)40-6)41(37,38)26-14-7-21(3)8-15-26/h7-17,20,22H,18-19H2,1-6H3,(H,32,36)/t22-/m0/s1. The summed E-state index contributed by atoms with van der Waals surface area (Å²) in [5.41, 5.74) is 1.71. The van der Waals surface area contributed by atoms with E-state index in [4.69, 9.17) is 21.1 Å². The van der Waals surface area contributed by atoms with Crippen molar-refractivity contribution in [2.45, 2.75) is 51.2 Å². The molecule has 3 aromatic carbocycles. The molecule has 0 bridgehead atoms. The second-order valence-corrected chi connectivity index (χ2v) is 12.1. The molecule has 3 aromatic rings. The Labute approximate surface area is 247 Å². The molecular formula is C30H36ClN3O6S. The minimum absolute atomic E-state index is 0.00904. The number of nitrogens with zero attached hydrogens (tertiary/aromatic N) is 2. The number of hydrogen-bond donors (Lipinski definition) is 1. The molecular weight excluding hydrogens is 566 g/mol. The molecule has 0 spiro atoms. The number of methoxy groups -OCH3 is 2. The zero-order valence-corrected chi connectivity index (χ0v) is 25.6. The molecule has 0 aliphatic heterocycles. The smallest absolute Gasteiger partial charge is 0.264 e. The van der Waals surface area contributed by atoms with Crippen LogP contribution in [0.5, 0.6) is 11.5 Å². The third kappa shape index (κ3) is 7.92. The van der Waals surface area contributed by atoms with Crippen molar-refractivity contribution in [3.8, 4) is 11.5 Å². The van der Waals surface area contributed by atoms with Crippen LogP contribution in [-0.4, -0.2) is 58.0 Å². The normalized spacial score (nSPS) is 12.0. The van der Waals surface area contributed by atoms with Crippen molar-refractivity contribution in [3.63, 3.8) is 0 Å². The quantitative estimate of drug-likeness (QED) is 0.320. The molecule has 220 valence electrons. The van der Waals surface area contributed by atoms with Gasteiger partial charge in [0.05, 0.1) is 24.8 Å². The first-order valence-electron chi connectivity index (χ1n) is 13.0. The number of anilines is 1. The van der Waals surface area contributed by atoms with Crippen LogP contribution >= 0.6 is 11.6 Å². The lowest BCUT2D eigenvalue weighted by molar-refractivity contribution is -0.139. The Morgan fingerprint density at radius 2 is 1.56 bits per heavy atom. The highest BCUT2D eigenvalue weighted by Gasteiger charge is 2.34. The van der Waals surface area contributed by atoms with Crippen LogP contribution < -0.4 is 19.1 Å². The monoisotopic (exact) mass is 601 g/mol. The molecule has 9 nitrogen and oxygen atoms in total. The Morgan fingerprint density at radius 3 is 2.12 bits per heavy atom. The third-order valence-corrected chi connectivity index (χ3v) is 8.42. The zero-order chi connectivity index (χ0) is 30.3. The van der Waals surface area contributed by atoms with Gasteiger partial charge < -0.3 is 19.7 Å². The lowest BCUT2D eigenvalue weighted by Crippen LogP contribution is -2.52. The van der Waals surface area contributed by atoms with Crippen LogP contribution in [0.3, 0.4) is 0 Å². The molecule has 41 heavy (non-hydrogen) atoms. The maximum atomic E-state index is 14.0. The predicted molar refractivity (Wildman–Crippen MR) is 160 cm³/mol. The van der Waals surface area contributed by atoms with E-state index in [1.165, 1.54) is 36.3 Å². The summed E-state index contributed by atoms with van der Waals surface area (Å²) < 4.78 is 39.7. The van der Waals surface area contributed by atoms with Gasteiger partial charge in [-0.3, -0.25) is 13.9 Å². The molecule has 0 unspecified atom stereocenters. The Hall–Kier alpha value is -3.76. The van der Waals surface area contributed by atoms with E-state index in [0.29, 0.717) is 5.75 Å². The largest absolute Gasteiger partial charge is 0.497 e. The minimum Gasteiger partial charge on any atom is -0.497 e. The van der Waals surface area contributed by atoms with Gasteiger partial charge in [0.1, 0.15) is 24.1 Å². The van der Waals surface area contributed by atoms with Crippen molar-refractivity contribution in [2.24, 2.45) is 0 Å². The topological polar surface area (TPSA) is 105 Å². The zero-order valence-electron chi connectivity index (χ0n) is 24.0. The Kier molecular flexibility index (Phi) is 10.6. The van der Waals surface area contributed by atoms with Gasteiger partial charge in [-0.1, -0.05) is 41.4 Å². The molecule has 11 heteroatoms. The van der Waals surface area contributed by atoms with E-state index in [2.05, 4.69) is 5.32 Å². The van der Waals surface area contributed by atoms with E-state index in [1.807, 2.05) is 20.8 Å². The summed E-state index contributed by atoms with van der Waals surface area (Å²) in [6.45, 7) is 6.54. The fraction of sp³-hybridized carbons (Fsp3) is 0.333. The third-order valence-electron chi connectivity index (χ3n) is 6.41. The van der Waals surface area contributed by atoms with Crippen LogP contribution in [-0.2, 0) is 26.2 Å². The van der Waals surface area contributed by atoms with Crippen molar-refractivity contribution in [3.05, 3.63) is 82.9 Å². The minimum atomic E-state index is -4.27. The lowest BCUT2D eigenvalue weighted by Gasteiger charge is -2.32. The van der Waals surface area contributed by atoms with Gasteiger partial charge in [0.15, 0.2) is 0 Å². The number of hydrogen-bond acceptors (Lipinski definition) is 6. The maximum Gasteiger partial charge on any atom is 0.264 e. The van der Waals surface area contributed by atoms with E-state index in [1.54, 1.807) is 56.5 Å². The highest BCUT2D eigenvalue weighted by atomic mass is 35.5. The van der Waals surface area contributed by atoms with Gasteiger partial charge in [-0.05, 0) is 75.7 Å². The number of aryl methyl sites for hydroxylation is 1. The van der Waals surface area contributed by atoms with Gasteiger partial charge in [-0.25, -0.2) is 8.42 Å². The van der Waals surface area contributed by atoms with E-state index in [-0.39, 0.29) is 39.8 Å². The summed E-state index contributed by atoms with van der Waals surface area (Å²) in [6.07, 6.45) is 0. The number of halogens is 1. The van der Waals surface area contributed by atoms with E-state index in [9.17, 15) is 18.0 Å². The second kappa shape index (κ2) is 13.7. The van der Waals surface area contributed by atoms with Gasteiger partial charge >= 0.3 is 0 Å². The summed E-state index contributed by atoms with van der Waals surface area (Å²) >= 11 is 6.27. The highest BCUT2D eigenvalue weighted by molar-refractivity contribution is 7.92. The number of benzene rings is 3. The average molecular weight is 602 g/mol. The van der Waals surface area contributed by atoms with Crippen LogP contribution in [0.15, 0.2) is 71.6 Å². The van der Waals surface area contributed by atoms with Crippen LogP contribution in [0.4, 0.5) is 5.69 Å².